The van der Waals surface area contributed by atoms with Crippen LogP contribution in [0.2, 0.25) is 5.02 Å². The Morgan fingerprint density at radius 2 is 2.00 bits per heavy atom. The predicted octanol–water partition coefficient (Wildman–Crippen LogP) is 6.41. The Morgan fingerprint density at radius 3 is 2.73 bits per heavy atom. The maximum atomic E-state index is 14.4. The molecule has 0 spiro atoms. The van der Waals surface area contributed by atoms with Gasteiger partial charge in [0.1, 0.15) is 10.7 Å². The highest BCUT2D eigenvalue weighted by Crippen LogP contribution is 2.45. The van der Waals surface area contributed by atoms with Crippen LogP contribution >= 0.6 is 35.6 Å². The number of hydrogen-bond donors (Lipinski definition) is 1. The number of fused-ring (bicyclic) bond motifs is 3. The standard InChI is InChI=1S/C23H14ClF2N3O2S2/c24-15-4-3-12-18-22(33-20(12)19(15)32)28-21(29(23(18)30)9-11-5-6-27-31-11)14-8-17(26)16(25)7-13(14)10-1-2-10/h3-8,10,32H,1-2,9H2. The molecule has 0 unspecified atom stereocenters. The lowest BCUT2D eigenvalue weighted by atomic mass is 10.0. The van der Waals surface area contributed by atoms with Crippen LogP contribution in [-0.4, -0.2) is 14.7 Å². The number of halogens is 3. The van der Waals surface area contributed by atoms with Crippen LogP contribution in [0.5, 0.6) is 0 Å². The summed E-state index contributed by atoms with van der Waals surface area (Å²) in [4.78, 5) is 19.6. The van der Waals surface area contributed by atoms with Crippen molar-refractivity contribution in [1.29, 1.82) is 0 Å². The molecule has 5 nitrogen and oxygen atoms in total. The maximum Gasteiger partial charge on any atom is 0.263 e. The van der Waals surface area contributed by atoms with Crippen LogP contribution in [0.4, 0.5) is 8.78 Å². The molecule has 10 heteroatoms. The van der Waals surface area contributed by atoms with Gasteiger partial charge in [-0.3, -0.25) is 9.36 Å². The van der Waals surface area contributed by atoms with Crippen molar-refractivity contribution < 1.29 is 13.3 Å². The third kappa shape index (κ3) is 3.37. The van der Waals surface area contributed by atoms with Crippen molar-refractivity contribution in [2.24, 2.45) is 0 Å². The van der Waals surface area contributed by atoms with Crippen molar-refractivity contribution in [3.05, 3.63) is 74.9 Å². The van der Waals surface area contributed by atoms with Crippen molar-refractivity contribution in [1.82, 2.24) is 14.7 Å². The second kappa shape index (κ2) is 7.65. The molecule has 33 heavy (non-hydrogen) atoms. The minimum Gasteiger partial charge on any atom is -0.359 e. The Balaban J connectivity index is 1.71. The van der Waals surface area contributed by atoms with Gasteiger partial charge in [0.15, 0.2) is 17.4 Å². The van der Waals surface area contributed by atoms with Crippen LogP contribution in [0.25, 0.3) is 31.7 Å². The average Bonchev–Trinajstić information content (AvgIpc) is 3.37. The van der Waals surface area contributed by atoms with Gasteiger partial charge in [-0.25, -0.2) is 13.8 Å². The molecular formula is C23H14ClF2N3O2S2. The average molecular weight is 502 g/mol. The summed E-state index contributed by atoms with van der Waals surface area (Å²) in [5, 5.41) is 5.29. The molecular weight excluding hydrogens is 488 g/mol. The van der Waals surface area contributed by atoms with E-state index in [1.807, 2.05) is 0 Å². The minimum absolute atomic E-state index is 0.0405. The normalized spacial score (nSPS) is 13.9. The number of hydrogen-bond acceptors (Lipinski definition) is 6. The fourth-order valence-electron chi connectivity index (χ4n) is 4.10. The Kier molecular flexibility index (Phi) is 4.83. The van der Waals surface area contributed by atoms with Gasteiger partial charge in [-0.15, -0.1) is 24.0 Å². The predicted molar refractivity (Wildman–Crippen MR) is 127 cm³/mol. The third-order valence-corrected chi connectivity index (χ3v) is 8.02. The lowest BCUT2D eigenvalue weighted by Crippen LogP contribution is -2.24. The first-order chi connectivity index (χ1) is 15.9. The molecule has 0 saturated heterocycles. The SMILES string of the molecule is O=c1c2c(nc(-c3cc(F)c(F)cc3C3CC3)n1Cc1ccno1)sc1c(S)c(Cl)ccc12. The van der Waals surface area contributed by atoms with E-state index in [9.17, 15) is 13.6 Å². The zero-order chi connectivity index (χ0) is 22.9. The molecule has 6 rings (SSSR count). The second-order valence-electron chi connectivity index (χ2n) is 7.99. The first kappa shape index (κ1) is 20.8. The Bertz CT molecular complexity index is 1630. The van der Waals surface area contributed by atoms with Crippen LogP contribution in [0.3, 0.4) is 0 Å². The molecule has 0 bridgehead atoms. The molecule has 0 radical (unpaired) electrons. The zero-order valence-corrected chi connectivity index (χ0v) is 19.3. The van der Waals surface area contributed by atoms with Gasteiger partial charge >= 0.3 is 0 Å². The molecule has 1 aliphatic carbocycles. The van der Waals surface area contributed by atoms with Gasteiger partial charge in [0.05, 0.1) is 27.9 Å². The molecule has 5 aromatic rings. The topological polar surface area (TPSA) is 60.9 Å². The molecule has 3 heterocycles. The van der Waals surface area contributed by atoms with Crippen LogP contribution in [0.15, 0.2) is 50.7 Å². The molecule has 1 saturated carbocycles. The Morgan fingerprint density at radius 1 is 1.21 bits per heavy atom. The first-order valence-electron chi connectivity index (χ1n) is 10.2. The third-order valence-electron chi connectivity index (χ3n) is 5.84. The lowest BCUT2D eigenvalue weighted by molar-refractivity contribution is 0.375. The van der Waals surface area contributed by atoms with Gasteiger partial charge in [0.25, 0.3) is 5.56 Å². The molecule has 0 atom stereocenters. The summed E-state index contributed by atoms with van der Waals surface area (Å²) in [6, 6.07) is 7.44. The summed E-state index contributed by atoms with van der Waals surface area (Å²) in [6.07, 6.45) is 3.22. The summed E-state index contributed by atoms with van der Waals surface area (Å²) >= 11 is 12.0. The smallest absolute Gasteiger partial charge is 0.263 e. The summed E-state index contributed by atoms with van der Waals surface area (Å²) < 4.78 is 35.9. The molecule has 0 N–H and O–H groups in total. The molecule has 3 aromatic heterocycles. The molecule has 166 valence electrons. The van der Waals surface area contributed by atoms with Crippen molar-refractivity contribution in [3.63, 3.8) is 0 Å². The van der Waals surface area contributed by atoms with Gasteiger partial charge < -0.3 is 4.52 Å². The molecule has 1 aliphatic rings. The molecule has 1 fully saturated rings. The van der Waals surface area contributed by atoms with Gasteiger partial charge in [-0.1, -0.05) is 22.8 Å². The fourth-order valence-corrected chi connectivity index (χ4v) is 5.76. The van der Waals surface area contributed by atoms with E-state index in [1.54, 1.807) is 18.2 Å². The summed E-state index contributed by atoms with van der Waals surface area (Å²) in [7, 11) is 0. The quantitative estimate of drug-likeness (QED) is 0.289. The zero-order valence-electron chi connectivity index (χ0n) is 16.8. The van der Waals surface area contributed by atoms with Gasteiger partial charge in [0.2, 0.25) is 0 Å². The number of aromatic nitrogens is 3. The van der Waals surface area contributed by atoms with Crippen LogP contribution in [0.1, 0.15) is 30.1 Å². The molecule has 2 aromatic carbocycles. The van der Waals surface area contributed by atoms with E-state index in [0.29, 0.717) is 42.4 Å². The molecule has 0 amide bonds. The van der Waals surface area contributed by atoms with Crippen LogP contribution in [0, 0.1) is 11.6 Å². The van der Waals surface area contributed by atoms with Crippen molar-refractivity contribution >= 4 is 55.9 Å². The maximum absolute atomic E-state index is 14.4. The highest BCUT2D eigenvalue weighted by Gasteiger charge is 2.30. The van der Waals surface area contributed by atoms with Gasteiger partial charge in [-0.05, 0) is 42.5 Å². The fraction of sp³-hybridized carbons (Fsp3) is 0.174. The van der Waals surface area contributed by atoms with E-state index < -0.39 is 11.6 Å². The highest BCUT2D eigenvalue weighted by molar-refractivity contribution is 7.81. The Hall–Kier alpha value is -2.75. The highest BCUT2D eigenvalue weighted by atomic mass is 35.5. The Labute approximate surface area is 200 Å². The van der Waals surface area contributed by atoms with Gasteiger partial charge in [0, 0.05) is 21.9 Å². The largest absolute Gasteiger partial charge is 0.359 e. The second-order valence-corrected chi connectivity index (χ2v) is 9.84. The number of thiol groups is 1. The van der Waals surface area contributed by atoms with E-state index >= 15 is 0 Å². The van der Waals surface area contributed by atoms with Crippen LogP contribution in [-0.2, 0) is 6.54 Å². The number of nitrogens with zero attached hydrogens (tertiary/aromatic N) is 3. The minimum atomic E-state index is -0.990. The van der Waals surface area contributed by atoms with Crippen molar-refractivity contribution in [2.75, 3.05) is 0 Å². The van der Waals surface area contributed by atoms with Crippen molar-refractivity contribution in [2.45, 2.75) is 30.2 Å². The summed E-state index contributed by atoms with van der Waals surface area (Å²) in [5.74, 6) is -1.11. The van der Waals surface area contributed by atoms with Gasteiger partial charge in [-0.2, -0.15) is 0 Å². The monoisotopic (exact) mass is 501 g/mol. The van der Waals surface area contributed by atoms with Crippen molar-refractivity contribution in [3.8, 4) is 11.4 Å². The lowest BCUT2D eigenvalue weighted by Gasteiger charge is -2.15. The van der Waals surface area contributed by atoms with E-state index in [2.05, 4.69) is 17.8 Å². The molecule has 0 aliphatic heterocycles. The summed E-state index contributed by atoms with van der Waals surface area (Å²) in [6.45, 7) is 0.0405. The van der Waals surface area contributed by atoms with E-state index in [1.165, 1.54) is 28.2 Å². The number of thiophene rings is 1. The summed E-state index contributed by atoms with van der Waals surface area (Å²) in [5.41, 5.74) is 0.723. The first-order valence-corrected chi connectivity index (χ1v) is 11.8. The number of benzene rings is 2. The van der Waals surface area contributed by atoms with Crippen LogP contribution < -0.4 is 5.56 Å². The van der Waals surface area contributed by atoms with E-state index in [0.717, 1.165) is 23.6 Å². The van der Waals surface area contributed by atoms with E-state index in [4.69, 9.17) is 21.1 Å². The van der Waals surface area contributed by atoms with E-state index in [-0.39, 0.29) is 23.8 Å². The number of rotatable bonds is 4.